The number of rotatable bonds is 10. The molecule has 2 saturated heterocycles. The van der Waals surface area contributed by atoms with E-state index in [4.69, 9.17) is 29.5 Å². The average Bonchev–Trinajstić information content (AvgIpc) is 3.68. The molecular formula is C45H32N4O6. The Balaban J connectivity index is 1.17. The molecule has 6 aromatic rings. The van der Waals surface area contributed by atoms with E-state index in [0.29, 0.717) is 58.7 Å². The maximum absolute atomic E-state index is 14.9. The lowest BCUT2D eigenvalue weighted by Gasteiger charge is -2.42. The van der Waals surface area contributed by atoms with E-state index in [1.165, 1.54) is 0 Å². The molecule has 268 valence electrons. The van der Waals surface area contributed by atoms with Crippen molar-refractivity contribution in [3.05, 3.63) is 169 Å². The Morgan fingerprint density at radius 3 is 1.09 bits per heavy atom. The summed E-state index contributed by atoms with van der Waals surface area (Å²) in [6.45, 7) is 0. The number of hydrogen-bond acceptors (Lipinski definition) is 8. The van der Waals surface area contributed by atoms with E-state index in [1.807, 2.05) is 84.9 Å². The van der Waals surface area contributed by atoms with Crippen LogP contribution in [0.1, 0.15) is 35.8 Å². The Hall–Kier alpha value is -7.56. The van der Waals surface area contributed by atoms with Gasteiger partial charge in [-0.1, -0.05) is 60.7 Å². The number of carbonyl (C=O) groups excluding carboxylic acids is 2. The van der Waals surface area contributed by atoms with Gasteiger partial charge in [0.1, 0.15) is 40.2 Å². The summed E-state index contributed by atoms with van der Waals surface area (Å²) in [6.07, 6.45) is 4.05. The second-order valence-corrected chi connectivity index (χ2v) is 13.2. The average molecular weight is 725 g/mol. The maximum atomic E-state index is 14.9. The Morgan fingerprint density at radius 1 is 0.455 bits per heavy atom. The predicted octanol–water partition coefficient (Wildman–Crippen LogP) is 9.43. The van der Waals surface area contributed by atoms with E-state index < -0.39 is 17.5 Å². The molecule has 0 radical (unpaired) electrons. The third-order valence-electron chi connectivity index (χ3n) is 9.97. The minimum Gasteiger partial charge on any atom is -0.457 e. The van der Waals surface area contributed by atoms with Gasteiger partial charge in [0.25, 0.3) is 12.5 Å². The van der Waals surface area contributed by atoms with Crippen molar-refractivity contribution < 1.29 is 28.5 Å². The largest absolute Gasteiger partial charge is 0.457 e. The van der Waals surface area contributed by atoms with Crippen LogP contribution in [-0.2, 0) is 9.59 Å². The van der Waals surface area contributed by atoms with Crippen LogP contribution in [0.4, 0.5) is 11.4 Å². The number of hydrogen-bond donors (Lipinski definition) is 0. The van der Waals surface area contributed by atoms with Crippen LogP contribution in [0.5, 0.6) is 34.5 Å². The minimum absolute atomic E-state index is 0.108. The van der Waals surface area contributed by atoms with Crippen LogP contribution in [0, 0.1) is 23.0 Å². The Morgan fingerprint density at radius 2 is 0.764 bits per heavy atom. The Kier molecular flexibility index (Phi) is 9.30. The molecule has 10 heteroatoms. The van der Waals surface area contributed by atoms with Gasteiger partial charge in [0.2, 0.25) is 11.8 Å². The monoisotopic (exact) mass is 724 g/mol. The first kappa shape index (κ1) is 34.5. The number of nitrogens with zero attached hydrogens (tertiary/aromatic N) is 4. The maximum Gasteiger partial charge on any atom is 0.292 e. The second-order valence-electron chi connectivity index (χ2n) is 13.2. The highest BCUT2D eigenvalue weighted by Crippen LogP contribution is 2.55. The topological polar surface area (TPSA) is 125 Å². The number of ether oxygens (including phenoxy) is 4. The molecule has 2 atom stereocenters. The molecule has 0 aliphatic carbocycles. The lowest BCUT2D eigenvalue weighted by atomic mass is 9.88. The second kappa shape index (κ2) is 14.8. The van der Waals surface area contributed by atoms with E-state index >= 15 is 0 Å². The zero-order valence-corrected chi connectivity index (χ0v) is 29.3. The van der Waals surface area contributed by atoms with Crippen molar-refractivity contribution in [3.8, 4) is 47.0 Å². The van der Waals surface area contributed by atoms with Crippen molar-refractivity contribution >= 4 is 23.2 Å². The van der Waals surface area contributed by atoms with Gasteiger partial charge in [-0.2, -0.15) is 0 Å². The van der Waals surface area contributed by atoms with Crippen LogP contribution < -0.4 is 28.7 Å². The van der Waals surface area contributed by atoms with E-state index in [1.54, 1.807) is 95.1 Å². The fraction of sp³-hybridized carbons (Fsp3) is 0.111. The van der Waals surface area contributed by atoms with Gasteiger partial charge in [0, 0.05) is 24.2 Å². The van der Waals surface area contributed by atoms with Crippen molar-refractivity contribution in [1.82, 2.24) is 0 Å². The van der Waals surface area contributed by atoms with Crippen molar-refractivity contribution in [2.24, 2.45) is 0 Å². The number of anilines is 2. The summed E-state index contributed by atoms with van der Waals surface area (Å²) >= 11 is 0. The van der Waals surface area contributed by atoms with Gasteiger partial charge in [0.05, 0.1) is 11.8 Å². The van der Waals surface area contributed by atoms with Crippen LogP contribution >= 0.6 is 0 Å². The SMILES string of the molecule is N#COc1ccc(Oc2ccc(N3C(=O)C(c4ccccc4)CC34CC(c3ccccc3)C(=O)N4c3ccc(Oc4ccc(OC#N)cc4)cc3)cc2)cc1. The quantitative estimate of drug-likeness (QED) is 0.128. The molecule has 2 fully saturated rings. The van der Waals surface area contributed by atoms with Gasteiger partial charge in [-0.05, 0) is 108 Å². The van der Waals surface area contributed by atoms with E-state index in [-0.39, 0.29) is 11.8 Å². The molecule has 2 unspecified atom stereocenters. The summed E-state index contributed by atoms with van der Waals surface area (Å²) in [7, 11) is 0. The summed E-state index contributed by atoms with van der Waals surface area (Å²) in [5.41, 5.74) is 1.95. The molecule has 8 rings (SSSR count). The molecule has 55 heavy (non-hydrogen) atoms. The highest BCUT2D eigenvalue weighted by Gasteiger charge is 2.62. The van der Waals surface area contributed by atoms with Crippen molar-refractivity contribution in [3.63, 3.8) is 0 Å². The van der Waals surface area contributed by atoms with E-state index in [0.717, 1.165) is 11.1 Å². The van der Waals surface area contributed by atoms with Gasteiger partial charge in [-0.25, -0.2) is 0 Å². The van der Waals surface area contributed by atoms with Crippen LogP contribution in [0.2, 0.25) is 0 Å². The van der Waals surface area contributed by atoms with Crippen molar-refractivity contribution in [2.75, 3.05) is 9.80 Å². The zero-order chi connectivity index (χ0) is 37.8. The first-order chi connectivity index (χ1) is 27.0. The number of amides is 2. The van der Waals surface area contributed by atoms with Crippen molar-refractivity contribution in [1.29, 1.82) is 10.5 Å². The van der Waals surface area contributed by atoms with E-state index in [9.17, 15) is 9.59 Å². The van der Waals surface area contributed by atoms with Gasteiger partial charge in [-0.15, -0.1) is 10.5 Å². The number of nitriles is 2. The fourth-order valence-electron chi connectivity index (χ4n) is 7.58. The highest BCUT2D eigenvalue weighted by molar-refractivity contribution is 6.10. The fourth-order valence-corrected chi connectivity index (χ4v) is 7.58. The number of benzene rings is 6. The molecule has 0 bridgehead atoms. The molecule has 2 amide bonds. The molecule has 1 spiro atoms. The standard InChI is InChI=1S/C45H32N4O6/c46-29-52-35-19-23-39(24-20-35)54-37-15-11-33(12-16-37)48-43(50)41(31-7-3-1-4-8-31)27-45(48)28-42(32-9-5-2-6-10-32)44(51)49(45)34-13-17-38(18-14-34)55-40-25-21-36(22-26-40)53-30-47/h1-26,41-42H,27-28H2. The van der Waals surface area contributed by atoms with Crippen molar-refractivity contribution in [2.45, 2.75) is 30.3 Å². The molecule has 2 aliphatic heterocycles. The normalized spacial score (nSPS) is 18.8. The molecule has 0 saturated carbocycles. The minimum atomic E-state index is -1.06. The van der Waals surface area contributed by atoms with Gasteiger partial charge < -0.3 is 18.9 Å². The van der Waals surface area contributed by atoms with Gasteiger partial charge >= 0.3 is 0 Å². The third-order valence-corrected chi connectivity index (χ3v) is 9.97. The van der Waals surface area contributed by atoms with E-state index in [2.05, 4.69) is 0 Å². The Bertz CT molecular complexity index is 2220. The third kappa shape index (κ3) is 6.76. The Labute approximate surface area is 317 Å². The molecule has 2 aliphatic rings. The summed E-state index contributed by atoms with van der Waals surface area (Å²) in [4.78, 5) is 33.3. The first-order valence-corrected chi connectivity index (χ1v) is 17.6. The van der Waals surface area contributed by atoms with Gasteiger partial charge in [-0.3, -0.25) is 19.4 Å². The van der Waals surface area contributed by atoms with Crippen LogP contribution in [0.3, 0.4) is 0 Å². The molecule has 2 heterocycles. The lowest BCUT2D eigenvalue weighted by molar-refractivity contribution is -0.118. The first-order valence-electron chi connectivity index (χ1n) is 17.6. The summed E-state index contributed by atoms with van der Waals surface area (Å²) in [5.74, 6) is 1.76. The number of carbonyl (C=O) groups is 2. The lowest BCUT2D eigenvalue weighted by Crippen LogP contribution is -2.56. The molecule has 10 nitrogen and oxygen atoms in total. The summed E-state index contributed by atoms with van der Waals surface area (Å²) in [5, 5.41) is 17.6. The summed E-state index contributed by atoms with van der Waals surface area (Å²) < 4.78 is 21.9. The highest BCUT2D eigenvalue weighted by atomic mass is 16.5. The predicted molar refractivity (Wildman–Crippen MR) is 204 cm³/mol. The summed E-state index contributed by atoms with van der Waals surface area (Å²) in [6, 6.07) is 47.4. The van der Waals surface area contributed by atoms with Crippen LogP contribution in [0.25, 0.3) is 0 Å². The van der Waals surface area contributed by atoms with Gasteiger partial charge in [0.15, 0.2) is 0 Å². The molecule has 0 aromatic heterocycles. The van der Waals surface area contributed by atoms with Crippen LogP contribution in [0.15, 0.2) is 158 Å². The molecule has 0 N–H and O–H groups in total. The zero-order valence-electron chi connectivity index (χ0n) is 29.3. The molecular weight excluding hydrogens is 693 g/mol. The van der Waals surface area contributed by atoms with Crippen LogP contribution in [-0.4, -0.2) is 17.5 Å². The molecule has 6 aromatic carbocycles. The smallest absolute Gasteiger partial charge is 0.292 e.